The average molecular weight is 552 g/mol. The van der Waals surface area contributed by atoms with Gasteiger partial charge in [0.1, 0.15) is 11.9 Å². The van der Waals surface area contributed by atoms with Crippen LogP contribution in [0.3, 0.4) is 0 Å². The van der Waals surface area contributed by atoms with E-state index in [-0.39, 0.29) is 18.2 Å². The minimum absolute atomic E-state index is 0.176. The predicted octanol–water partition coefficient (Wildman–Crippen LogP) is 6.83. The molecule has 1 amide bonds. The van der Waals surface area contributed by atoms with Crippen LogP contribution in [-0.2, 0) is 6.18 Å². The summed E-state index contributed by atoms with van der Waals surface area (Å²) in [5.41, 5.74) is 9.73. The van der Waals surface area contributed by atoms with Crippen molar-refractivity contribution in [2.75, 3.05) is 6.54 Å². The Labute approximate surface area is 231 Å². The zero-order valence-corrected chi connectivity index (χ0v) is 22.4. The number of amides is 1. The summed E-state index contributed by atoms with van der Waals surface area (Å²) in [7, 11) is 0. The molecule has 3 N–H and O–H groups in total. The van der Waals surface area contributed by atoms with Crippen LogP contribution in [0.1, 0.15) is 64.4 Å². The van der Waals surface area contributed by atoms with Crippen molar-refractivity contribution >= 4 is 5.91 Å². The fraction of sp³-hybridized carbons (Fsp3) is 0.367. The van der Waals surface area contributed by atoms with Gasteiger partial charge in [-0.2, -0.15) is 18.6 Å². The van der Waals surface area contributed by atoms with E-state index in [4.69, 9.17) is 4.74 Å². The number of halogens is 3. The van der Waals surface area contributed by atoms with Crippen LogP contribution in [0.15, 0.2) is 71.0 Å². The lowest BCUT2D eigenvalue weighted by molar-refractivity contribution is -0.137. The summed E-state index contributed by atoms with van der Waals surface area (Å²) in [4.78, 5) is 12.6. The van der Waals surface area contributed by atoms with Crippen LogP contribution in [0.2, 0.25) is 0 Å². The summed E-state index contributed by atoms with van der Waals surface area (Å²) in [6.45, 7) is 4.21. The number of carbonyl (C=O) groups is 1. The van der Waals surface area contributed by atoms with E-state index in [0.717, 1.165) is 71.4 Å². The van der Waals surface area contributed by atoms with Crippen molar-refractivity contribution in [1.29, 1.82) is 0 Å². The zero-order chi connectivity index (χ0) is 28.3. The monoisotopic (exact) mass is 551 g/mol. The van der Waals surface area contributed by atoms with Gasteiger partial charge in [0.05, 0.1) is 12.1 Å². The Morgan fingerprint density at radius 3 is 2.25 bits per heavy atom. The van der Waals surface area contributed by atoms with Gasteiger partial charge in [0.25, 0.3) is 5.91 Å². The van der Waals surface area contributed by atoms with Gasteiger partial charge in [0.2, 0.25) is 0 Å². The van der Waals surface area contributed by atoms with Crippen molar-refractivity contribution in [1.82, 2.24) is 16.3 Å². The first-order valence-corrected chi connectivity index (χ1v) is 13.4. The smallest absolute Gasteiger partial charge is 0.416 e. The first-order valence-electron chi connectivity index (χ1n) is 13.4. The van der Waals surface area contributed by atoms with Gasteiger partial charge in [-0.25, -0.2) is 5.53 Å². The number of aryl methyl sites for hydroxylation is 2. The third-order valence-electron chi connectivity index (χ3n) is 7.53. The highest BCUT2D eigenvalue weighted by atomic mass is 19.4. The first kappa shape index (κ1) is 27.6. The Bertz CT molecular complexity index is 1340. The highest BCUT2D eigenvalue weighted by Crippen LogP contribution is 2.41. The van der Waals surface area contributed by atoms with Gasteiger partial charge < -0.3 is 10.1 Å². The average Bonchev–Trinajstić information content (AvgIpc) is 3.65. The maximum absolute atomic E-state index is 13.0. The number of ether oxygens (including phenoxy) is 1. The zero-order valence-electron chi connectivity index (χ0n) is 22.4. The lowest BCUT2D eigenvalue weighted by Gasteiger charge is -2.26. The molecule has 1 fully saturated rings. The Morgan fingerprint density at radius 2 is 1.68 bits per heavy atom. The largest absolute Gasteiger partial charge is 0.485 e. The van der Waals surface area contributed by atoms with Crippen LogP contribution in [0.5, 0.6) is 5.75 Å². The third kappa shape index (κ3) is 6.28. The summed E-state index contributed by atoms with van der Waals surface area (Å²) in [5.74, 6) is 0.872. The van der Waals surface area contributed by atoms with Gasteiger partial charge in [-0.15, -0.1) is 5.11 Å². The molecule has 0 aromatic heterocycles. The van der Waals surface area contributed by atoms with Crippen LogP contribution in [0.4, 0.5) is 13.2 Å². The molecule has 2 aliphatic rings. The van der Waals surface area contributed by atoms with Gasteiger partial charge >= 0.3 is 6.18 Å². The number of benzene rings is 3. The molecule has 5 rings (SSSR count). The number of nitrogens with zero attached hydrogens (tertiary/aromatic N) is 2. The highest BCUT2D eigenvalue weighted by Gasteiger charge is 2.31. The second-order valence-electron chi connectivity index (χ2n) is 10.4. The summed E-state index contributed by atoms with van der Waals surface area (Å²) in [6, 6.07) is 16.7. The fourth-order valence-electron chi connectivity index (χ4n) is 5.55. The van der Waals surface area contributed by atoms with Crippen molar-refractivity contribution < 1.29 is 22.7 Å². The normalized spacial score (nSPS) is 18.0. The van der Waals surface area contributed by atoms with E-state index in [1.807, 2.05) is 50.2 Å². The number of nitrogens with one attached hydrogen (secondary N) is 3. The van der Waals surface area contributed by atoms with Crippen molar-refractivity contribution in [2.45, 2.75) is 58.0 Å². The lowest BCUT2D eigenvalue weighted by atomic mass is 9.92. The minimum Gasteiger partial charge on any atom is -0.485 e. The SMILES string of the molecule is Cc1cc(OC(c2ccc(C(=O)NCC3N=NNN3)cc2)C2CCCC2)cc(C)c1-c1ccc(C(F)(F)F)cc1. The molecular weight excluding hydrogens is 519 g/mol. The quantitative estimate of drug-likeness (QED) is 0.286. The summed E-state index contributed by atoms with van der Waals surface area (Å²) >= 11 is 0. The van der Waals surface area contributed by atoms with Gasteiger partial charge in [0.15, 0.2) is 6.17 Å². The van der Waals surface area contributed by atoms with E-state index in [2.05, 4.69) is 26.6 Å². The van der Waals surface area contributed by atoms with Crippen molar-refractivity contribution in [3.63, 3.8) is 0 Å². The van der Waals surface area contributed by atoms with Crippen molar-refractivity contribution in [3.8, 4) is 16.9 Å². The lowest BCUT2D eigenvalue weighted by Crippen LogP contribution is -2.40. The number of rotatable bonds is 8. The topological polar surface area (TPSA) is 87.1 Å². The molecule has 1 aliphatic heterocycles. The van der Waals surface area contributed by atoms with E-state index < -0.39 is 11.7 Å². The maximum Gasteiger partial charge on any atom is 0.416 e. The highest BCUT2D eigenvalue weighted by molar-refractivity contribution is 5.94. The van der Waals surface area contributed by atoms with Crippen LogP contribution in [0, 0.1) is 19.8 Å². The molecule has 40 heavy (non-hydrogen) atoms. The van der Waals surface area contributed by atoms with E-state index in [1.54, 1.807) is 0 Å². The molecule has 0 radical (unpaired) electrons. The predicted molar refractivity (Wildman–Crippen MR) is 145 cm³/mol. The van der Waals surface area contributed by atoms with Crippen LogP contribution in [-0.4, -0.2) is 18.6 Å². The number of hydrogen-bond donors (Lipinski definition) is 3. The molecule has 1 saturated carbocycles. The van der Waals surface area contributed by atoms with Crippen LogP contribution < -0.4 is 21.0 Å². The molecule has 2 atom stereocenters. The first-order chi connectivity index (χ1) is 19.2. The Balaban J connectivity index is 1.34. The van der Waals surface area contributed by atoms with Gasteiger partial charge in [-0.3, -0.25) is 4.79 Å². The van der Waals surface area contributed by atoms with Crippen molar-refractivity contribution in [3.05, 3.63) is 88.5 Å². The molecule has 3 aromatic rings. The second kappa shape index (κ2) is 11.7. The van der Waals surface area contributed by atoms with Gasteiger partial charge in [-0.05, 0) is 90.9 Å². The maximum atomic E-state index is 13.0. The number of carbonyl (C=O) groups excluding carboxylic acids is 1. The number of hydrogen-bond acceptors (Lipinski definition) is 6. The summed E-state index contributed by atoms with van der Waals surface area (Å²) in [6.07, 6.45) is -0.425. The molecule has 1 heterocycles. The van der Waals surface area contributed by atoms with E-state index in [1.165, 1.54) is 12.1 Å². The molecule has 0 spiro atoms. The van der Waals surface area contributed by atoms with Crippen molar-refractivity contribution in [2.24, 2.45) is 16.3 Å². The van der Waals surface area contributed by atoms with Crippen LogP contribution in [0.25, 0.3) is 11.1 Å². The molecule has 7 nitrogen and oxygen atoms in total. The van der Waals surface area contributed by atoms with E-state index in [0.29, 0.717) is 18.0 Å². The molecule has 0 saturated heterocycles. The van der Waals surface area contributed by atoms with E-state index in [9.17, 15) is 18.0 Å². The van der Waals surface area contributed by atoms with E-state index >= 15 is 0 Å². The minimum atomic E-state index is -4.37. The van der Waals surface area contributed by atoms with Gasteiger partial charge in [0, 0.05) is 11.5 Å². The van der Waals surface area contributed by atoms with Gasteiger partial charge in [-0.1, -0.05) is 42.3 Å². The Hall–Kier alpha value is -3.92. The molecule has 0 bridgehead atoms. The molecule has 1 aliphatic carbocycles. The number of hydrazine groups is 1. The fourth-order valence-corrected chi connectivity index (χ4v) is 5.55. The number of alkyl halides is 3. The Morgan fingerprint density at radius 1 is 1.02 bits per heavy atom. The standard InChI is InChI=1S/C30H32F3N5O2/c1-18-15-25(16-19(2)27(18)20-11-13-24(14-12-20)30(31,32)33)40-28(21-5-3-4-6-21)22-7-9-23(10-8-22)29(39)34-17-26-35-37-38-36-26/h7-16,21,26,28H,3-6,17H2,1-2H3,(H,34,39)(H,35,38)(H,36,37). The third-order valence-corrected chi connectivity index (χ3v) is 7.53. The molecular formula is C30H32F3N5O2. The molecule has 10 heteroatoms. The molecule has 2 unspecified atom stereocenters. The summed E-state index contributed by atoms with van der Waals surface area (Å²) in [5, 5.41) is 10.4. The second-order valence-corrected chi connectivity index (χ2v) is 10.4. The molecule has 210 valence electrons. The molecule has 3 aromatic carbocycles. The Kier molecular flexibility index (Phi) is 8.07. The summed E-state index contributed by atoms with van der Waals surface area (Å²) < 4.78 is 45.7. The van der Waals surface area contributed by atoms with Crippen LogP contribution >= 0.6 is 0 Å².